The molecule has 4 nitrogen and oxygen atoms in total. The van der Waals surface area contributed by atoms with Crippen molar-refractivity contribution in [2.24, 2.45) is 10.8 Å². The van der Waals surface area contributed by atoms with Gasteiger partial charge < -0.3 is 10.2 Å². The maximum absolute atomic E-state index is 12.5. The number of carbonyl (C=O) groups excluding carboxylic acids is 2. The number of hydrogen-bond donors (Lipinski definition) is 1. The van der Waals surface area contributed by atoms with Crippen molar-refractivity contribution in [3.8, 4) is 0 Å². The van der Waals surface area contributed by atoms with Crippen LogP contribution in [-0.2, 0) is 9.59 Å². The van der Waals surface area contributed by atoms with Gasteiger partial charge in [-0.15, -0.1) is 0 Å². The highest BCUT2D eigenvalue weighted by molar-refractivity contribution is 5.77. The highest BCUT2D eigenvalue weighted by Crippen LogP contribution is 2.36. The molecule has 0 unspecified atom stereocenters. The molecule has 4 heteroatoms. The molecule has 0 heterocycles. The Morgan fingerprint density at radius 1 is 0.677 bits per heavy atom. The van der Waals surface area contributed by atoms with Crippen molar-refractivity contribution in [1.29, 1.82) is 0 Å². The molecule has 0 saturated carbocycles. The van der Waals surface area contributed by atoms with Crippen LogP contribution in [0.25, 0.3) is 0 Å². The molecule has 0 aromatic carbocycles. The van der Waals surface area contributed by atoms with E-state index in [1.807, 2.05) is 11.9 Å². The number of carbonyl (C=O) groups is 2. The second-order valence-electron chi connectivity index (χ2n) is 12.9. The lowest BCUT2D eigenvalue weighted by Crippen LogP contribution is -2.53. The number of nitrogens with one attached hydrogen (secondary N) is 1. The molecule has 0 aliphatic rings. The number of amides is 2. The van der Waals surface area contributed by atoms with E-state index in [1.54, 1.807) is 0 Å². The van der Waals surface area contributed by atoms with Crippen LogP contribution in [0.2, 0.25) is 0 Å². The monoisotopic (exact) mass is 438 g/mol. The number of nitrogens with zero attached hydrogens (tertiary/aromatic N) is 1. The normalized spacial score (nSPS) is 13.3. The van der Waals surface area contributed by atoms with Gasteiger partial charge in [0.05, 0.1) is 0 Å². The van der Waals surface area contributed by atoms with Crippen LogP contribution in [0.3, 0.4) is 0 Å². The first-order valence-electron chi connectivity index (χ1n) is 12.5. The van der Waals surface area contributed by atoms with Crippen molar-refractivity contribution in [2.75, 3.05) is 7.05 Å². The lowest BCUT2D eigenvalue weighted by molar-refractivity contribution is -0.134. The molecule has 184 valence electrons. The minimum absolute atomic E-state index is 0.00110. The Bertz CT molecular complexity index is 551. The molecule has 0 radical (unpaired) electrons. The van der Waals surface area contributed by atoms with Gasteiger partial charge >= 0.3 is 0 Å². The molecule has 0 fully saturated rings. The molecule has 0 atom stereocenters. The van der Waals surface area contributed by atoms with Gasteiger partial charge in [0.15, 0.2) is 0 Å². The van der Waals surface area contributed by atoms with Crippen LogP contribution < -0.4 is 5.32 Å². The molecule has 0 aliphatic heterocycles. The van der Waals surface area contributed by atoms with E-state index >= 15 is 0 Å². The zero-order chi connectivity index (χ0) is 24.5. The summed E-state index contributed by atoms with van der Waals surface area (Å²) in [5.74, 6) is 0.395. The van der Waals surface area contributed by atoms with Gasteiger partial charge in [0.1, 0.15) is 0 Å². The van der Waals surface area contributed by atoms with Crippen LogP contribution in [0.4, 0.5) is 0 Å². The van der Waals surface area contributed by atoms with E-state index in [0.717, 1.165) is 38.5 Å². The zero-order valence-electron chi connectivity index (χ0n) is 22.8. The molecule has 2 amide bonds. The molecule has 31 heavy (non-hydrogen) atoms. The average molecular weight is 439 g/mol. The largest absolute Gasteiger partial charge is 0.351 e. The van der Waals surface area contributed by atoms with Crippen LogP contribution in [0.1, 0.15) is 133 Å². The summed E-state index contributed by atoms with van der Waals surface area (Å²) >= 11 is 0. The van der Waals surface area contributed by atoms with E-state index < -0.39 is 0 Å². The summed E-state index contributed by atoms with van der Waals surface area (Å²) < 4.78 is 0. The highest BCUT2D eigenvalue weighted by atomic mass is 16.2. The Morgan fingerprint density at radius 3 is 1.65 bits per heavy atom. The zero-order valence-corrected chi connectivity index (χ0v) is 22.8. The first-order valence-corrected chi connectivity index (χ1v) is 12.5. The second kappa shape index (κ2) is 12.3. The molecule has 0 saturated heterocycles. The molecular weight excluding hydrogens is 384 g/mol. The Kier molecular flexibility index (Phi) is 11.8. The Balaban J connectivity index is 4.28. The predicted molar refractivity (Wildman–Crippen MR) is 134 cm³/mol. The highest BCUT2D eigenvalue weighted by Gasteiger charge is 2.37. The Labute approximate surface area is 194 Å². The minimum atomic E-state index is -0.252. The van der Waals surface area contributed by atoms with E-state index in [1.165, 1.54) is 12.8 Å². The van der Waals surface area contributed by atoms with Crippen molar-refractivity contribution in [2.45, 2.75) is 145 Å². The van der Waals surface area contributed by atoms with Crippen molar-refractivity contribution >= 4 is 11.8 Å². The van der Waals surface area contributed by atoms with Crippen LogP contribution in [0, 0.1) is 10.8 Å². The van der Waals surface area contributed by atoms with E-state index in [4.69, 9.17) is 0 Å². The minimum Gasteiger partial charge on any atom is -0.351 e. The van der Waals surface area contributed by atoms with Gasteiger partial charge in [0, 0.05) is 31.0 Å². The third kappa shape index (κ3) is 12.5. The summed E-state index contributed by atoms with van der Waals surface area (Å²) in [6, 6.07) is 0. The third-order valence-electron chi connectivity index (χ3n) is 7.05. The molecular formula is C27H54N2O2. The Morgan fingerprint density at radius 2 is 1.16 bits per heavy atom. The van der Waals surface area contributed by atoms with Gasteiger partial charge in [0.2, 0.25) is 11.8 Å². The SMILES string of the molecule is CN(C(=O)CCCCCC(C)(C)C(C)(C)NC(=O)CCCCCC(C)(C)C)C(C)(C)C. The molecule has 0 aliphatic carbocycles. The van der Waals surface area contributed by atoms with Crippen molar-refractivity contribution in [3.63, 3.8) is 0 Å². The summed E-state index contributed by atoms with van der Waals surface area (Å²) in [4.78, 5) is 26.6. The van der Waals surface area contributed by atoms with Crippen LogP contribution >= 0.6 is 0 Å². The quantitative estimate of drug-likeness (QED) is 0.311. The maximum Gasteiger partial charge on any atom is 0.222 e. The van der Waals surface area contributed by atoms with E-state index in [-0.39, 0.29) is 28.3 Å². The van der Waals surface area contributed by atoms with E-state index in [0.29, 0.717) is 18.3 Å². The lowest BCUT2D eigenvalue weighted by atomic mass is 9.71. The van der Waals surface area contributed by atoms with E-state index in [9.17, 15) is 9.59 Å². The van der Waals surface area contributed by atoms with Gasteiger partial charge in [-0.1, -0.05) is 60.3 Å². The first kappa shape index (κ1) is 29.9. The molecule has 0 spiro atoms. The van der Waals surface area contributed by atoms with Crippen molar-refractivity contribution in [1.82, 2.24) is 10.2 Å². The molecule has 1 N–H and O–H groups in total. The van der Waals surface area contributed by atoms with Crippen LogP contribution in [0.5, 0.6) is 0 Å². The standard InChI is InChI=1S/C27H54N2O2/c1-24(2,3)20-16-12-14-18-22(30)28-27(9,10)26(7,8)21-17-13-15-19-23(31)29(11)25(4,5)6/h12-21H2,1-11H3,(H,28,30). The summed E-state index contributed by atoms with van der Waals surface area (Å²) in [6.45, 7) is 21.8. The molecule has 0 aromatic heterocycles. The summed E-state index contributed by atoms with van der Waals surface area (Å²) in [5, 5.41) is 3.29. The van der Waals surface area contributed by atoms with Crippen LogP contribution in [-0.4, -0.2) is 34.8 Å². The Hall–Kier alpha value is -1.06. The summed E-state index contributed by atoms with van der Waals surface area (Å²) in [7, 11) is 1.89. The summed E-state index contributed by atoms with van der Waals surface area (Å²) in [5.41, 5.74) is 0.0108. The van der Waals surface area contributed by atoms with Crippen molar-refractivity contribution in [3.05, 3.63) is 0 Å². The van der Waals surface area contributed by atoms with Gasteiger partial charge in [-0.25, -0.2) is 0 Å². The predicted octanol–water partition coefficient (Wildman–Crippen LogP) is 7.11. The van der Waals surface area contributed by atoms with Gasteiger partial charge in [-0.05, 0) is 71.1 Å². The third-order valence-corrected chi connectivity index (χ3v) is 7.05. The molecule has 0 rings (SSSR count). The average Bonchev–Trinajstić information content (AvgIpc) is 2.57. The smallest absolute Gasteiger partial charge is 0.222 e. The maximum atomic E-state index is 12.5. The fraction of sp³-hybridized carbons (Fsp3) is 0.926. The topological polar surface area (TPSA) is 49.4 Å². The number of hydrogen-bond acceptors (Lipinski definition) is 2. The fourth-order valence-electron chi connectivity index (χ4n) is 3.57. The fourth-order valence-corrected chi connectivity index (χ4v) is 3.57. The number of rotatable bonds is 13. The van der Waals surface area contributed by atoms with Crippen LogP contribution in [0.15, 0.2) is 0 Å². The first-order chi connectivity index (χ1) is 13.9. The lowest BCUT2D eigenvalue weighted by Gasteiger charge is -2.42. The van der Waals surface area contributed by atoms with Gasteiger partial charge in [0.25, 0.3) is 0 Å². The van der Waals surface area contributed by atoms with E-state index in [2.05, 4.69) is 74.6 Å². The van der Waals surface area contributed by atoms with Crippen molar-refractivity contribution < 1.29 is 9.59 Å². The summed E-state index contributed by atoms with van der Waals surface area (Å²) in [6.07, 6.45) is 9.82. The molecule has 0 bridgehead atoms. The second-order valence-corrected chi connectivity index (χ2v) is 12.9. The van der Waals surface area contributed by atoms with Gasteiger partial charge in [-0.3, -0.25) is 9.59 Å². The van der Waals surface area contributed by atoms with Gasteiger partial charge in [-0.2, -0.15) is 0 Å². The number of unbranched alkanes of at least 4 members (excludes halogenated alkanes) is 4. The molecule has 0 aromatic rings.